The van der Waals surface area contributed by atoms with Crippen molar-refractivity contribution in [3.05, 3.63) is 0 Å². The second-order valence-electron chi connectivity index (χ2n) is 4.12. The summed E-state index contributed by atoms with van der Waals surface area (Å²) in [6.45, 7) is 4.06. The summed E-state index contributed by atoms with van der Waals surface area (Å²) in [6, 6.07) is 0. The molecule has 1 fully saturated rings. The molecule has 2 nitrogen and oxygen atoms in total. The molecule has 0 aromatic carbocycles. The molecule has 0 bridgehead atoms. The predicted molar refractivity (Wildman–Crippen MR) is 52.5 cm³/mol. The summed E-state index contributed by atoms with van der Waals surface area (Å²) in [5, 5.41) is 10.2. The van der Waals surface area contributed by atoms with Crippen molar-refractivity contribution in [3.8, 4) is 0 Å². The molecule has 13 heavy (non-hydrogen) atoms. The summed E-state index contributed by atoms with van der Waals surface area (Å²) in [5.41, 5.74) is -0.513. The number of carbonyl (C=O) groups excluding carboxylic acids is 1. The zero-order chi connectivity index (χ0) is 9.90. The van der Waals surface area contributed by atoms with Crippen molar-refractivity contribution in [2.45, 2.75) is 58.0 Å². The zero-order valence-corrected chi connectivity index (χ0v) is 8.68. The van der Waals surface area contributed by atoms with Crippen molar-refractivity contribution in [2.75, 3.05) is 0 Å². The molecule has 1 saturated carbocycles. The van der Waals surface area contributed by atoms with Crippen LogP contribution >= 0.6 is 0 Å². The SMILES string of the molecule is CCC(O)(CC)C1CCC(=O)CC1. The van der Waals surface area contributed by atoms with Crippen molar-refractivity contribution in [2.24, 2.45) is 5.92 Å². The maximum absolute atomic E-state index is 11.0. The van der Waals surface area contributed by atoms with E-state index >= 15 is 0 Å². The largest absolute Gasteiger partial charge is 0.390 e. The molecule has 0 aromatic rings. The summed E-state index contributed by atoms with van der Waals surface area (Å²) in [6.07, 6.45) is 4.73. The lowest BCUT2D eigenvalue weighted by atomic mass is 9.74. The van der Waals surface area contributed by atoms with Crippen molar-refractivity contribution in [1.29, 1.82) is 0 Å². The molecule has 1 N–H and O–H groups in total. The Hall–Kier alpha value is -0.370. The first-order valence-corrected chi connectivity index (χ1v) is 5.36. The molecule has 0 atom stereocenters. The summed E-state index contributed by atoms with van der Waals surface area (Å²) in [5.74, 6) is 0.714. The normalized spacial score (nSPS) is 20.7. The molecule has 0 spiro atoms. The maximum atomic E-state index is 11.0. The number of aliphatic hydroxyl groups is 1. The molecule has 0 aliphatic heterocycles. The quantitative estimate of drug-likeness (QED) is 0.730. The zero-order valence-electron chi connectivity index (χ0n) is 8.68. The number of hydrogen-bond donors (Lipinski definition) is 1. The van der Waals surface area contributed by atoms with Gasteiger partial charge in [-0.3, -0.25) is 4.79 Å². The van der Waals surface area contributed by atoms with Crippen molar-refractivity contribution in [3.63, 3.8) is 0 Å². The Morgan fingerprint density at radius 1 is 1.31 bits per heavy atom. The molecule has 0 amide bonds. The molecule has 0 saturated heterocycles. The van der Waals surface area contributed by atoms with Gasteiger partial charge in [-0.05, 0) is 31.6 Å². The molecule has 1 aliphatic carbocycles. The monoisotopic (exact) mass is 184 g/mol. The van der Waals surface area contributed by atoms with E-state index in [0.717, 1.165) is 25.7 Å². The topological polar surface area (TPSA) is 37.3 Å². The lowest BCUT2D eigenvalue weighted by molar-refractivity contribution is -0.123. The predicted octanol–water partition coefficient (Wildman–Crippen LogP) is 2.30. The van der Waals surface area contributed by atoms with Gasteiger partial charge in [0.1, 0.15) is 5.78 Å². The second kappa shape index (κ2) is 4.23. The van der Waals surface area contributed by atoms with E-state index in [2.05, 4.69) is 0 Å². The summed E-state index contributed by atoms with van der Waals surface area (Å²) in [7, 11) is 0. The molecule has 76 valence electrons. The molecular weight excluding hydrogens is 164 g/mol. The molecule has 0 radical (unpaired) electrons. The van der Waals surface area contributed by atoms with Crippen molar-refractivity contribution < 1.29 is 9.90 Å². The van der Waals surface area contributed by atoms with Crippen molar-refractivity contribution >= 4 is 5.78 Å². The molecule has 0 aromatic heterocycles. The van der Waals surface area contributed by atoms with E-state index in [1.807, 2.05) is 13.8 Å². The van der Waals surface area contributed by atoms with Gasteiger partial charge in [-0.25, -0.2) is 0 Å². The standard InChI is InChI=1S/C11H20O2/c1-3-11(13,4-2)9-5-7-10(12)8-6-9/h9,13H,3-8H2,1-2H3. The Kier molecular flexibility index (Phi) is 3.48. The Morgan fingerprint density at radius 2 is 1.77 bits per heavy atom. The fraction of sp³-hybridized carbons (Fsp3) is 0.909. The Bertz CT molecular complexity index is 173. The summed E-state index contributed by atoms with van der Waals surface area (Å²) >= 11 is 0. The van der Waals surface area contributed by atoms with Gasteiger partial charge in [0.2, 0.25) is 0 Å². The van der Waals surface area contributed by atoms with Gasteiger partial charge < -0.3 is 5.11 Å². The van der Waals surface area contributed by atoms with Crippen LogP contribution < -0.4 is 0 Å². The third kappa shape index (κ3) is 2.31. The van der Waals surface area contributed by atoms with E-state index in [4.69, 9.17) is 0 Å². The molecule has 1 aliphatic rings. The Balaban J connectivity index is 2.55. The fourth-order valence-corrected chi connectivity index (χ4v) is 2.30. The van der Waals surface area contributed by atoms with E-state index in [9.17, 15) is 9.90 Å². The van der Waals surface area contributed by atoms with Gasteiger partial charge in [-0.2, -0.15) is 0 Å². The number of rotatable bonds is 3. The Morgan fingerprint density at radius 3 is 2.15 bits per heavy atom. The first kappa shape index (κ1) is 10.7. The van der Waals surface area contributed by atoms with Crippen LogP contribution in [0.1, 0.15) is 52.4 Å². The summed E-state index contributed by atoms with van der Waals surface area (Å²) in [4.78, 5) is 11.0. The van der Waals surface area contributed by atoms with Crippen LogP contribution in [0.15, 0.2) is 0 Å². The van der Waals surface area contributed by atoms with E-state index < -0.39 is 5.60 Å². The van der Waals surface area contributed by atoms with Crippen LogP contribution in [0.5, 0.6) is 0 Å². The van der Waals surface area contributed by atoms with Gasteiger partial charge in [0, 0.05) is 12.8 Å². The number of ketones is 1. The highest BCUT2D eigenvalue weighted by Gasteiger charge is 2.35. The Labute approximate surface area is 80.3 Å². The average Bonchev–Trinajstić information content (AvgIpc) is 2.18. The first-order chi connectivity index (χ1) is 6.12. The smallest absolute Gasteiger partial charge is 0.132 e. The van der Waals surface area contributed by atoms with Crippen LogP contribution in [0.4, 0.5) is 0 Å². The van der Waals surface area contributed by atoms with Gasteiger partial charge in [0.05, 0.1) is 5.60 Å². The maximum Gasteiger partial charge on any atom is 0.132 e. The van der Waals surface area contributed by atoms with E-state index in [-0.39, 0.29) is 0 Å². The fourth-order valence-electron chi connectivity index (χ4n) is 2.30. The van der Waals surface area contributed by atoms with Crippen LogP contribution in [-0.4, -0.2) is 16.5 Å². The minimum Gasteiger partial charge on any atom is -0.390 e. The van der Waals surface area contributed by atoms with Crippen LogP contribution in [0.2, 0.25) is 0 Å². The minimum atomic E-state index is -0.513. The van der Waals surface area contributed by atoms with Gasteiger partial charge in [-0.15, -0.1) is 0 Å². The summed E-state index contributed by atoms with van der Waals surface area (Å²) < 4.78 is 0. The molecular formula is C11H20O2. The third-order valence-electron chi connectivity index (χ3n) is 3.53. The molecule has 0 unspecified atom stereocenters. The molecule has 2 heteroatoms. The number of carbonyl (C=O) groups is 1. The highest BCUT2D eigenvalue weighted by atomic mass is 16.3. The van der Waals surface area contributed by atoms with Gasteiger partial charge in [0.25, 0.3) is 0 Å². The van der Waals surface area contributed by atoms with E-state index in [0.29, 0.717) is 24.5 Å². The van der Waals surface area contributed by atoms with Crippen LogP contribution in [-0.2, 0) is 4.79 Å². The number of hydrogen-bond acceptors (Lipinski definition) is 2. The van der Waals surface area contributed by atoms with Gasteiger partial charge >= 0.3 is 0 Å². The van der Waals surface area contributed by atoms with Gasteiger partial charge in [0.15, 0.2) is 0 Å². The highest BCUT2D eigenvalue weighted by Crippen LogP contribution is 2.35. The van der Waals surface area contributed by atoms with Gasteiger partial charge in [-0.1, -0.05) is 13.8 Å². The highest BCUT2D eigenvalue weighted by molar-refractivity contribution is 5.79. The van der Waals surface area contributed by atoms with E-state index in [1.165, 1.54) is 0 Å². The second-order valence-corrected chi connectivity index (χ2v) is 4.12. The molecule has 1 rings (SSSR count). The van der Waals surface area contributed by atoms with E-state index in [1.54, 1.807) is 0 Å². The van der Waals surface area contributed by atoms with Crippen LogP contribution in [0.3, 0.4) is 0 Å². The van der Waals surface area contributed by atoms with Crippen LogP contribution in [0, 0.1) is 5.92 Å². The average molecular weight is 184 g/mol. The third-order valence-corrected chi connectivity index (χ3v) is 3.53. The number of Topliss-reactive ketones (excluding diaryl/α,β-unsaturated/α-hetero) is 1. The van der Waals surface area contributed by atoms with Crippen molar-refractivity contribution in [1.82, 2.24) is 0 Å². The van der Waals surface area contributed by atoms with Crippen LogP contribution in [0.25, 0.3) is 0 Å². The first-order valence-electron chi connectivity index (χ1n) is 5.36. The minimum absolute atomic E-state index is 0.347. The lowest BCUT2D eigenvalue weighted by Crippen LogP contribution is -2.38. The lowest BCUT2D eigenvalue weighted by Gasteiger charge is -2.36. The molecule has 0 heterocycles.